The molecule has 0 unspecified atom stereocenters. The highest BCUT2D eigenvalue weighted by molar-refractivity contribution is 7.90. The van der Waals surface area contributed by atoms with Crippen molar-refractivity contribution in [1.82, 2.24) is 10.0 Å². The molecular weight excluding hydrogens is 332 g/mol. The van der Waals surface area contributed by atoms with E-state index in [9.17, 15) is 18.0 Å². The zero-order valence-electron chi connectivity index (χ0n) is 14.4. The summed E-state index contributed by atoms with van der Waals surface area (Å²) >= 11 is 0. The Morgan fingerprint density at radius 3 is 2.29 bits per heavy atom. The van der Waals surface area contributed by atoms with Gasteiger partial charge in [-0.25, -0.2) is 13.2 Å². The largest absolute Gasteiger partial charge is 0.444 e. The van der Waals surface area contributed by atoms with Crippen molar-refractivity contribution in [3.63, 3.8) is 0 Å². The molecule has 0 aromatic heterocycles. The fraction of sp³-hybridized carbons (Fsp3) is 0.750. The molecule has 0 heterocycles. The van der Waals surface area contributed by atoms with Crippen molar-refractivity contribution < 1.29 is 22.7 Å². The number of sulfonamides is 1. The monoisotopic (exact) mass is 358 g/mol. The Labute approximate surface area is 143 Å². The van der Waals surface area contributed by atoms with Gasteiger partial charge in [0, 0.05) is 5.92 Å². The first kappa shape index (κ1) is 18.8. The zero-order valence-corrected chi connectivity index (χ0v) is 15.2. The summed E-state index contributed by atoms with van der Waals surface area (Å²) in [6, 6.07) is 0. The van der Waals surface area contributed by atoms with Gasteiger partial charge in [0.25, 0.3) is 5.91 Å². The van der Waals surface area contributed by atoms with Gasteiger partial charge in [-0.05, 0) is 40.0 Å². The highest BCUT2D eigenvalue weighted by atomic mass is 32.2. The van der Waals surface area contributed by atoms with Crippen molar-refractivity contribution in [2.45, 2.75) is 69.3 Å². The smallest absolute Gasteiger partial charge is 0.408 e. The van der Waals surface area contributed by atoms with Crippen LogP contribution in [0.1, 0.15) is 52.9 Å². The Morgan fingerprint density at radius 2 is 1.83 bits per heavy atom. The van der Waals surface area contributed by atoms with Gasteiger partial charge in [0.05, 0.1) is 5.25 Å². The molecule has 0 saturated heterocycles. The second-order valence-electron chi connectivity index (χ2n) is 7.53. The summed E-state index contributed by atoms with van der Waals surface area (Å²) in [4.78, 5) is 24.6. The number of hydrogen-bond donors (Lipinski definition) is 2. The van der Waals surface area contributed by atoms with Gasteiger partial charge in [0.2, 0.25) is 10.0 Å². The van der Waals surface area contributed by atoms with E-state index in [0.29, 0.717) is 19.3 Å². The molecule has 0 bridgehead atoms. The van der Waals surface area contributed by atoms with E-state index in [1.807, 2.05) is 0 Å². The average Bonchev–Trinajstić information content (AvgIpc) is 2.87. The maximum atomic E-state index is 12.6. The molecule has 2 aliphatic carbocycles. The Bertz CT molecular complexity index is 631. The molecular formula is C16H26N2O5S. The fourth-order valence-corrected chi connectivity index (χ4v) is 4.58. The average molecular weight is 358 g/mol. The van der Waals surface area contributed by atoms with Gasteiger partial charge >= 0.3 is 6.09 Å². The summed E-state index contributed by atoms with van der Waals surface area (Å²) in [5.41, 5.74) is -2.01. The lowest BCUT2D eigenvalue weighted by Crippen LogP contribution is -2.53. The van der Waals surface area contributed by atoms with E-state index < -0.39 is 38.4 Å². The van der Waals surface area contributed by atoms with Gasteiger partial charge in [0.1, 0.15) is 11.1 Å². The molecule has 0 spiro atoms. The van der Waals surface area contributed by atoms with E-state index in [1.54, 1.807) is 26.8 Å². The van der Waals surface area contributed by atoms with Crippen LogP contribution in [0.4, 0.5) is 4.79 Å². The highest BCUT2D eigenvalue weighted by Crippen LogP contribution is 2.45. The van der Waals surface area contributed by atoms with Crippen molar-refractivity contribution in [3.8, 4) is 0 Å². The predicted octanol–water partition coefficient (Wildman–Crippen LogP) is 1.84. The molecule has 0 aromatic rings. The number of nitrogens with one attached hydrogen (secondary N) is 2. The minimum absolute atomic E-state index is 0.307. The van der Waals surface area contributed by atoms with Crippen LogP contribution in [0.5, 0.6) is 0 Å². The Morgan fingerprint density at radius 1 is 1.25 bits per heavy atom. The SMILES string of the molecule is C=C[C@@H]1C[C@]1(NC(=O)OC(C)(C)C)C(=O)NS(=O)(=O)C1CCCC1. The van der Waals surface area contributed by atoms with Crippen molar-refractivity contribution in [1.29, 1.82) is 0 Å². The number of rotatable bonds is 5. The lowest BCUT2D eigenvalue weighted by molar-refractivity contribution is -0.122. The molecule has 2 fully saturated rings. The molecule has 136 valence electrons. The summed E-state index contributed by atoms with van der Waals surface area (Å²) in [6.45, 7) is 8.76. The fourth-order valence-electron chi connectivity index (χ4n) is 3.02. The zero-order chi connectivity index (χ0) is 18.2. The molecule has 0 aliphatic heterocycles. The van der Waals surface area contributed by atoms with E-state index in [-0.39, 0.29) is 5.92 Å². The quantitative estimate of drug-likeness (QED) is 0.730. The van der Waals surface area contributed by atoms with Crippen LogP contribution in [0.3, 0.4) is 0 Å². The number of carbonyl (C=O) groups is 2. The van der Waals surface area contributed by atoms with Crippen molar-refractivity contribution >= 4 is 22.0 Å². The van der Waals surface area contributed by atoms with Crippen LogP contribution < -0.4 is 10.0 Å². The Balaban J connectivity index is 2.08. The number of hydrogen-bond acceptors (Lipinski definition) is 5. The summed E-state index contributed by atoms with van der Waals surface area (Å²) in [6.07, 6.45) is 3.90. The van der Waals surface area contributed by atoms with Gasteiger partial charge in [-0.15, -0.1) is 6.58 Å². The molecule has 2 saturated carbocycles. The van der Waals surface area contributed by atoms with Crippen LogP contribution in [0, 0.1) is 5.92 Å². The summed E-state index contributed by atoms with van der Waals surface area (Å²) in [7, 11) is -3.73. The van der Waals surface area contributed by atoms with Crippen LogP contribution >= 0.6 is 0 Å². The number of ether oxygens (including phenoxy) is 1. The number of alkyl carbamates (subject to hydrolysis) is 1. The maximum absolute atomic E-state index is 12.6. The van der Waals surface area contributed by atoms with Crippen LogP contribution in [0.15, 0.2) is 12.7 Å². The van der Waals surface area contributed by atoms with E-state index in [0.717, 1.165) is 12.8 Å². The van der Waals surface area contributed by atoms with Crippen molar-refractivity contribution in [2.75, 3.05) is 0 Å². The minimum atomic E-state index is -3.73. The number of carbonyl (C=O) groups excluding carboxylic acids is 2. The van der Waals surface area contributed by atoms with Crippen LogP contribution in [0.25, 0.3) is 0 Å². The molecule has 2 amide bonds. The second-order valence-corrected chi connectivity index (χ2v) is 9.49. The van der Waals surface area contributed by atoms with Crippen LogP contribution in [-0.2, 0) is 19.6 Å². The van der Waals surface area contributed by atoms with Crippen LogP contribution in [0.2, 0.25) is 0 Å². The minimum Gasteiger partial charge on any atom is -0.444 e. The normalized spacial score (nSPS) is 27.4. The molecule has 2 rings (SSSR count). The third kappa shape index (κ3) is 4.09. The van der Waals surface area contributed by atoms with Crippen molar-refractivity contribution in [2.24, 2.45) is 5.92 Å². The van der Waals surface area contributed by atoms with Gasteiger partial charge < -0.3 is 10.1 Å². The lowest BCUT2D eigenvalue weighted by Gasteiger charge is -2.24. The van der Waals surface area contributed by atoms with E-state index >= 15 is 0 Å². The Hall–Kier alpha value is -1.57. The molecule has 0 radical (unpaired) electrons. The second kappa shape index (κ2) is 6.38. The van der Waals surface area contributed by atoms with Crippen molar-refractivity contribution in [3.05, 3.63) is 12.7 Å². The van der Waals surface area contributed by atoms with Gasteiger partial charge in [-0.3, -0.25) is 9.52 Å². The first-order valence-corrected chi connectivity index (χ1v) is 9.74. The van der Waals surface area contributed by atoms with E-state index in [4.69, 9.17) is 4.74 Å². The summed E-state index contributed by atoms with van der Waals surface area (Å²) in [5, 5.41) is 1.99. The molecule has 24 heavy (non-hydrogen) atoms. The molecule has 7 nitrogen and oxygen atoms in total. The third-order valence-electron chi connectivity index (χ3n) is 4.40. The molecule has 8 heteroatoms. The molecule has 2 N–H and O–H groups in total. The van der Waals surface area contributed by atoms with Gasteiger partial charge in [-0.2, -0.15) is 0 Å². The summed E-state index contributed by atoms with van der Waals surface area (Å²) in [5.74, 6) is -1.03. The van der Waals surface area contributed by atoms with Gasteiger partial charge in [-0.1, -0.05) is 18.9 Å². The Kier molecular flexibility index (Phi) is 4.99. The first-order chi connectivity index (χ1) is 11.0. The van der Waals surface area contributed by atoms with Gasteiger partial charge in [0.15, 0.2) is 0 Å². The van der Waals surface area contributed by atoms with E-state index in [2.05, 4.69) is 16.6 Å². The third-order valence-corrected chi connectivity index (χ3v) is 6.22. The molecule has 0 aromatic carbocycles. The maximum Gasteiger partial charge on any atom is 0.408 e. The summed E-state index contributed by atoms with van der Waals surface area (Å²) < 4.78 is 32.0. The first-order valence-electron chi connectivity index (χ1n) is 8.20. The molecule has 2 aliphatic rings. The topological polar surface area (TPSA) is 102 Å². The predicted molar refractivity (Wildman–Crippen MR) is 89.7 cm³/mol. The number of amides is 2. The van der Waals surface area contributed by atoms with E-state index in [1.165, 1.54) is 0 Å². The van der Waals surface area contributed by atoms with Crippen LogP contribution in [-0.4, -0.2) is 36.8 Å². The lowest BCUT2D eigenvalue weighted by atomic mass is 10.2. The highest BCUT2D eigenvalue weighted by Gasteiger charge is 2.61. The standard InChI is InChI=1S/C16H26N2O5S/c1-5-11-10-16(11,17-14(20)23-15(2,3)4)13(19)18-24(21,22)12-8-6-7-9-12/h5,11-12H,1,6-10H2,2-4H3,(H,17,20)(H,18,19)/t11-,16-/m1/s1. The molecule has 2 atom stereocenters.